The molecular weight excluding hydrogens is 273 g/mol. The van der Waals surface area contributed by atoms with Crippen molar-refractivity contribution in [3.8, 4) is 0 Å². The molecule has 0 radical (unpaired) electrons. The third-order valence-electron chi connectivity index (χ3n) is 3.80. The van der Waals surface area contributed by atoms with E-state index in [-0.39, 0.29) is 23.2 Å². The number of carbonyl (C=O) groups is 2. The molecule has 1 aromatic rings. The fraction of sp³-hybridized carbons (Fsp3) is 0.500. The standard InChI is InChI=1S/C16H20FNO3/c1-3-21-16(20)12-7-9-18(10-8-12)14-6-4-5-13(17)15(14)11(2)19/h4-6,12H,3,7-10H2,1-2H3. The highest BCUT2D eigenvalue weighted by Gasteiger charge is 2.28. The number of hydrogen-bond acceptors (Lipinski definition) is 4. The molecule has 1 aromatic carbocycles. The van der Waals surface area contributed by atoms with Gasteiger partial charge in [0.05, 0.1) is 23.8 Å². The number of hydrogen-bond donors (Lipinski definition) is 0. The van der Waals surface area contributed by atoms with Crippen molar-refractivity contribution in [3.05, 3.63) is 29.6 Å². The van der Waals surface area contributed by atoms with Crippen LogP contribution in [0, 0.1) is 11.7 Å². The Bertz CT molecular complexity index is 536. The average molecular weight is 293 g/mol. The van der Waals surface area contributed by atoms with Crippen molar-refractivity contribution in [1.29, 1.82) is 0 Å². The van der Waals surface area contributed by atoms with Crippen LogP contribution in [0.15, 0.2) is 18.2 Å². The fourth-order valence-electron chi connectivity index (χ4n) is 2.74. The highest BCUT2D eigenvalue weighted by Crippen LogP contribution is 2.28. The summed E-state index contributed by atoms with van der Waals surface area (Å²) in [5, 5.41) is 0. The highest BCUT2D eigenvalue weighted by atomic mass is 19.1. The van der Waals surface area contributed by atoms with Gasteiger partial charge >= 0.3 is 5.97 Å². The molecule has 0 N–H and O–H groups in total. The van der Waals surface area contributed by atoms with Crippen LogP contribution in [0.25, 0.3) is 0 Å². The first kappa shape index (κ1) is 15.5. The molecule has 21 heavy (non-hydrogen) atoms. The number of carbonyl (C=O) groups excluding carboxylic acids is 2. The molecule has 4 nitrogen and oxygen atoms in total. The first-order valence-corrected chi connectivity index (χ1v) is 7.25. The van der Waals surface area contributed by atoms with Crippen LogP contribution in [-0.2, 0) is 9.53 Å². The molecule has 0 bridgehead atoms. The SMILES string of the molecule is CCOC(=O)C1CCN(c2cccc(F)c2C(C)=O)CC1. The minimum Gasteiger partial charge on any atom is -0.466 e. The summed E-state index contributed by atoms with van der Waals surface area (Å²) in [6, 6.07) is 4.66. The number of anilines is 1. The van der Waals surface area contributed by atoms with E-state index < -0.39 is 5.82 Å². The zero-order chi connectivity index (χ0) is 15.4. The molecule has 5 heteroatoms. The van der Waals surface area contributed by atoms with Crippen LogP contribution in [0.3, 0.4) is 0 Å². The Hall–Kier alpha value is -1.91. The number of rotatable bonds is 4. The quantitative estimate of drug-likeness (QED) is 0.632. The van der Waals surface area contributed by atoms with E-state index in [0.29, 0.717) is 38.2 Å². The van der Waals surface area contributed by atoms with Crippen LogP contribution >= 0.6 is 0 Å². The molecule has 0 aliphatic carbocycles. The first-order valence-electron chi connectivity index (χ1n) is 7.25. The maximum atomic E-state index is 13.8. The molecule has 0 amide bonds. The van der Waals surface area contributed by atoms with Crippen molar-refractivity contribution in [3.63, 3.8) is 0 Å². The summed E-state index contributed by atoms with van der Waals surface area (Å²) in [6.07, 6.45) is 1.32. The lowest BCUT2D eigenvalue weighted by molar-refractivity contribution is -0.148. The molecule has 0 unspecified atom stereocenters. The molecule has 0 saturated carbocycles. The number of nitrogens with zero attached hydrogens (tertiary/aromatic N) is 1. The van der Waals surface area contributed by atoms with Crippen molar-refractivity contribution >= 4 is 17.4 Å². The van der Waals surface area contributed by atoms with Crippen LogP contribution in [0.1, 0.15) is 37.0 Å². The Morgan fingerprint density at radius 3 is 2.57 bits per heavy atom. The van der Waals surface area contributed by atoms with E-state index >= 15 is 0 Å². The van der Waals surface area contributed by atoms with Crippen LogP contribution in [-0.4, -0.2) is 31.4 Å². The van der Waals surface area contributed by atoms with Gasteiger partial charge in [0.15, 0.2) is 5.78 Å². The predicted octanol–water partition coefficient (Wildman–Crippen LogP) is 2.81. The molecule has 0 aromatic heterocycles. The number of piperidine rings is 1. The Morgan fingerprint density at radius 1 is 1.33 bits per heavy atom. The van der Waals surface area contributed by atoms with Gasteiger partial charge in [-0.25, -0.2) is 4.39 Å². The number of ether oxygens (including phenoxy) is 1. The minimum atomic E-state index is -0.493. The van der Waals surface area contributed by atoms with Crippen molar-refractivity contribution in [2.75, 3.05) is 24.6 Å². The topological polar surface area (TPSA) is 46.6 Å². The van der Waals surface area contributed by atoms with Gasteiger partial charge in [-0.2, -0.15) is 0 Å². The molecule has 1 aliphatic rings. The maximum Gasteiger partial charge on any atom is 0.309 e. The molecule has 1 saturated heterocycles. The van der Waals surface area contributed by atoms with Gasteiger partial charge in [-0.1, -0.05) is 6.07 Å². The van der Waals surface area contributed by atoms with Gasteiger partial charge in [-0.3, -0.25) is 9.59 Å². The van der Waals surface area contributed by atoms with Crippen molar-refractivity contribution in [1.82, 2.24) is 0 Å². The minimum absolute atomic E-state index is 0.101. The molecule has 114 valence electrons. The van der Waals surface area contributed by atoms with Gasteiger partial charge < -0.3 is 9.64 Å². The lowest BCUT2D eigenvalue weighted by Crippen LogP contribution is -2.37. The van der Waals surface area contributed by atoms with E-state index in [1.807, 2.05) is 4.90 Å². The Labute approximate surface area is 123 Å². The van der Waals surface area contributed by atoms with Crippen molar-refractivity contribution < 1.29 is 18.7 Å². The second-order valence-corrected chi connectivity index (χ2v) is 5.20. The molecule has 2 rings (SSSR count). The molecule has 1 aliphatic heterocycles. The molecule has 0 atom stereocenters. The van der Waals surface area contributed by atoms with Gasteiger partial charge in [0.1, 0.15) is 5.82 Å². The van der Waals surface area contributed by atoms with Crippen molar-refractivity contribution in [2.45, 2.75) is 26.7 Å². The van der Waals surface area contributed by atoms with Crippen LogP contribution < -0.4 is 4.90 Å². The second-order valence-electron chi connectivity index (χ2n) is 5.20. The second kappa shape index (κ2) is 6.70. The highest BCUT2D eigenvalue weighted by molar-refractivity contribution is 6.00. The maximum absolute atomic E-state index is 13.8. The first-order chi connectivity index (χ1) is 10.0. The number of Topliss-reactive ketones (excluding diaryl/α,β-unsaturated/α-hetero) is 1. The summed E-state index contributed by atoms with van der Waals surface area (Å²) < 4.78 is 18.9. The summed E-state index contributed by atoms with van der Waals surface area (Å²) in [4.78, 5) is 25.3. The largest absolute Gasteiger partial charge is 0.466 e. The number of halogens is 1. The third kappa shape index (κ3) is 3.40. The van der Waals surface area contributed by atoms with Gasteiger partial charge in [-0.15, -0.1) is 0 Å². The lowest BCUT2D eigenvalue weighted by atomic mass is 9.95. The van der Waals surface area contributed by atoms with E-state index in [0.717, 1.165) is 0 Å². The summed E-state index contributed by atoms with van der Waals surface area (Å²) >= 11 is 0. The summed E-state index contributed by atoms with van der Waals surface area (Å²) in [6.45, 7) is 4.78. The van der Waals surface area contributed by atoms with Crippen LogP contribution in [0.2, 0.25) is 0 Å². The molecule has 1 fully saturated rings. The smallest absolute Gasteiger partial charge is 0.309 e. The van der Waals surface area contributed by atoms with Crippen LogP contribution in [0.4, 0.5) is 10.1 Å². The lowest BCUT2D eigenvalue weighted by Gasteiger charge is -2.33. The van der Waals surface area contributed by atoms with Gasteiger partial charge in [0.2, 0.25) is 0 Å². The Kier molecular flexibility index (Phi) is 4.94. The van der Waals surface area contributed by atoms with E-state index in [1.165, 1.54) is 13.0 Å². The fourth-order valence-corrected chi connectivity index (χ4v) is 2.74. The Balaban J connectivity index is 2.11. The summed E-state index contributed by atoms with van der Waals surface area (Å²) in [5.74, 6) is -1.04. The van der Waals surface area contributed by atoms with E-state index in [4.69, 9.17) is 4.74 Å². The summed E-state index contributed by atoms with van der Waals surface area (Å²) in [5.41, 5.74) is 0.747. The van der Waals surface area contributed by atoms with Gasteiger partial charge in [0.25, 0.3) is 0 Å². The van der Waals surface area contributed by atoms with Crippen LogP contribution in [0.5, 0.6) is 0 Å². The Morgan fingerprint density at radius 2 is 2.00 bits per heavy atom. The van der Waals surface area contributed by atoms with E-state index in [2.05, 4.69) is 0 Å². The average Bonchev–Trinajstić information content (AvgIpc) is 2.47. The zero-order valence-electron chi connectivity index (χ0n) is 12.4. The number of ketones is 1. The number of esters is 1. The van der Waals surface area contributed by atoms with E-state index in [9.17, 15) is 14.0 Å². The monoisotopic (exact) mass is 293 g/mol. The van der Waals surface area contributed by atoms with Gasteiger partial charge in [0, 0.05) is 13.1 Å². The van der Waals surface area contributed by atoms with Crippen molar-refractivity contribution in [2.24, 2.45) is 5.92 Å². The summed E-state index contributed by atoms with van der Waals surface area (Å²) in [7, 11) is 0. The van der Waals surface area contributed by atoms with Gasteiger partial charge in [-0.05, 0) is 38.8 Å². The molecule has 1 heterocycles. The molecular formula is C16H20FNO3. The van der Waals surface area contributed by atoms with E-state index in [1.54, 1.807) is 19.1 Å². The molecule has 0 spiro atoms. The zero-order valence-corrected chi connectivity index (χ0v) is 12.4. The third-order valence-corrected chi connectivity index (χ3v) is 3.80. The number of benzene rings is 1. The normalized spacial score (nSPS) is 15.9. The predicted molar refractivity (Wildman–Crippen MR) is 78.0 cm³/mol.